The first kappa shape index (κ1) is 22.6. The van der Waals surface area contributed by atoms with Gasteiger partial charge in [-0.15, -0.1) is 0 Å². The minimum atomic E-state index is -0.105. The van der Waals surface area contributed by atoms with E-state index in [9.17, 15) is 9.59 Å². The maximum absolute atomic E-state index is 13.3. The van der Waals surface area contributed by atoms with Crippen LogP contribution in [0.3, 0.4) is 0 Å². The molecular formula is C25H24ClN5O2. The highest BCUT2D eigenvalue weighted by molar-refractivity contribution is 6.31. The van der Waals surface area contributed by atoms with Crippen molar-refractivity contribution in [2.24, 2.45) is 0 Å². The molecule has 1 N–H and O–H groups in total. The van der Waals surface area contributed by atoms with Gasteiger partial charge in [-0.3, -0.25) is 14.3 Å². The van der Waals surface area contributed by atoms with Gasteiger partial charge in [-0.1, -0.05) is 42.8 Å². The Labute approximate surface area is 197 Å². The third-order valence-corrected chi connectivity index (χ3v) is 5.83. The Morgan fingerprint density at radius 3 is 2.70 bits per heavy atom. The number of aromatic nitrogens is 2. The summed E-state index contributed by atoms with van der Waals surface area (Å²) >= 11 is 6.17. The molecule has 4 rings (SSSR count). The Balaban J connectivity index is 1.63. The zero-order valence-electron chi connectivity index (χ0n) is 18.5. The molecule has 0 saturated carbocycles. The molecule has 0 fully saturated rings. The van der Waals surface area contributed by atoms with Gasteiger partial charge in [0, 0.05) is 30.1 Å². The van der Waals surface area contributed by atoms with Crippen LogP contribution >= 0.6 is 11.6 Å². The van der Waals surface area contributed by atoms with Gasteiger partial charge in [0.05, 0.1) is 24.0 Å². The number of hydrogen-bond donors (Lipinski definition) is 1. The molecule has 1 aromatic heterocycles. The molecule has 1 aliphatic rings. The van der Waals surface area contributed by atoms with Crippen LogP contribution in [0.15, 0.2) is 48.5 Å². The van der Waals surface area contributed by atoms with Crippen molar-refractivity contribution < 1.29 is 9.59 Å². The molecular weight excluding hydrogens is 438 g/mol. The summed E-state index contributed by atoms with van der Waals surface area (Å²) in [5.41, 5.74) is 3.94. The van der Waals surface area contributed by atoms with E-state index in [0.717, 1.165) is 12.0 Å². The largest absolute Gasteiger partial charge is 0.331 e. The zero-order valence-corrected chi connectivity index (χ0v) is 19.3. The minimum Gasteiger partial charge on any atom is -0.331 e. The molecule has 33 heavy (non-hydrogen) atoms. The third-order valence-electron chi connectivity index (χ3n) is 5.59. The summed E-state index contributed by atoms with van der Waals surface area (Å²) in [5, 5.41) is 8.13. The number of amides is 2. The quantitative estimate of drug-likeness (QED) is 0.478. The Morgan fingerprint density at radius 1 is 1.24 bits per heavy atom. The molecule has 1 aliphatic heterocycles. The van der Waals surface area contributed by atoms with E-state index < -0.39 is 0 Å². The molecule has 7 nitrogen and oxygen atoms in total. The van der Waals surface area contributed by atoms with Crippen LogP contribution in [-0.4, -0.2) is 33.0 Å². The molecule has 1 atom stereocenters. The van der Waals surface area contributed by atoms with Crippen molar-refractivity contribution in [2.75, 3.05) is 11.9 Å². The summed E-state index contributed by atoms with van der Waals surface area (Å²) in [6.45, 7) is 12.0. The van der Waals surface area contributed by atoms with Gasteiger partial charge in [-0.25, -0.2) is 4.85 Å². The van der Waals surface area contributed by atoms with Crippen LogP contribution in [0.4, 0.5) is 11.4 Å². The summed E-state index contributed by atoms with van der Waals surface area (Å²) in [6.07, 6.45) is 1.15. The van der Waals surface area contributed by atoms with Crippen molar-refractivity contribution in [1.82, 2.24) is 14.7 Å². The number of nitrogens with zero attached hydrogens (tertiary/aromatic N) is 4. The molecule has 0 aliphatic carbocycles. The topological polar surface area (TPSA) is 71.6 Å². The maximum Gasteiger partial charge on any atom is 0.272 e. The normalized spacial score (nSPS) is 15.2. The summed E-state index contributed by atoms with van der Waals surface area (Å²) in [6, 6.07) is 14.3. The standard InChI is InChI=1S/C25H24ClN5O2/c1-4-5-24(32)28-21-12-18(26)8-11-20(21)22-13-23-25(33)30(14-16(2)31(23)29-22)15-17-6-9-19(27-3)10-7-17/h6-13,16H,4-5,14-15H2,1-2H3,(H,28,32)/t16-/m0/s1. The number of nitrogens with one attached hydrogen (secondary N) is 1. The average molecular weight is 462 g/mol. The molecule has 0 unspecified atom stereocenters. The van der Waals surface area contributed by atoms with Crippen LogP contribution in [0.5, 0.6) is 0 Å². The van der Waals surface area contributed by atoms with E-state index in [1.54, 1.807) is 39.9 Å². The fraction of sp³-hybridized carbons (Fsp3) is 0.280. The first-order valence-electron chi connectivity index (χ1n) is 10.8. The highest BCUT2D eigenvalue weighted by Gasteiger charge is 2.31. The number of benzene rings is 2. The smallest absolute Gasteiger partial charge is 0.272 e. The number of anilines is 1. The average Bonchev–Trinajstić information content (AvgIpc) is 3.24. The van der Waals surface area contributed by atoms with Gasteiger partial charge in [0.15, 0.2) is 5.69 Å². The van der Waals surface area contributed by atoms with Crippen molar-refractivity contribution in [3.63, 3.8) is 0 Å². The molecule has 0 radical (unpaired) electrons. The zero-order chi connectivity index (χ0) is 23.5. The Hall–Kier alpha value is -3.63. The van der Waals surface area contributed by atoms with Crippen molar-refractivity contribution in [3.8, 4) is 11.3 Å². The van der Waals surface area contributed by atoms with Crippen molar-refractivity contribution >= 4 is 34.8 Å². The lowest BCUT2D eigenvalue weighted by atomic mass is 10.1. The highest BCUT2D eigenvalue weighted by Crippen LogP contribution is 2.33. The van der Waals surface area contributed by atoms with Crippen LogP contribution < -0.4 is 5.32 Å². The van der Waals surface area contributed by atoms with Crippen molar-refractivity contribution in [1.29, 1.82) is 0 Å². The summed E-state index contributed by atoms with van der Waals surface area (Å²) in [4.78, 5) is 30.7. The number of rotatable bonds is 6. The Kier molecular flexibility index (Phi) is 6.47. The van der Waals surface area contributed by atoms with Crippen molar-refractivity contribution in [2.45, 2.75) is 39.3 Å². The lowest BCUT2D eigenvalue weighted by Crippen LogP contribution is -2.41. The van der Waals surface area contributed by atoms with Gasteiger partial charge in [0.1, 0.15) is 5.69 Å². The van der Waals surface area contributed by atoms with Crippen LogP contribution in [0.1, 0.15) is 48.8 Å². The first-order chi connectivity index (χ1) is 15.9. The van der Waals surface area contributed by atoms with E-state index in [1.165, 1.54) is 0 Å². The lowest BCUT2D eigenvalue weighted by molar-refractivity contribution is -0.116. The molecule has 0 saturated heterocycles. The van der Waals surface area contributed by atoms with E-state index >= 15 is 0 Å². The molecule has 168 valence electrons. The Bertz CT molecular complexity index is 1240. The van der Waals surface area contributed by atoms with Gasteiger partial charge >= 0.3 is 0 Å². The van der Waals surface area contributed by atoms with E-state index in [1.807, 2.05) is 32.0 Å². The maximum atomic E-state index is 13.3. The SMILES string of the molecule is [C-]#[N+]c1ccc(CN2C[C@H](C)n3nc(-c4ccc(Cl)cc4NC(=O)CCC)cc3C2=O)cc1. The van der Waals surface area contributed by atoms with Crippen LogP contribution in [-0.2, 0) is 11.3 Å². The molecule has 3 aromatic rings. The number of carbonyl (C=O) groups excluding carboxylic acids is 2. The summed E-state index contributed by atoms with van der Waals surface area (Å²) in [5.74, 6) is -0.198. The van der Waals surface area contributed by atoms with Crippen molar-refractivity contribution in [3.05, 3.63) is 76.2 Å². The molecule has 2 aromatic carbocycles. The molecule has 2 amide bonds. The number of halogens is 1. The predicted molar refractivity (Wildman–Crippen MR) is 128 cm³/mol. The lowest BCUT2D eigenvalue weighted by Gasteiger charge is -2.31. The van der Waals surface area contributed by atoms with E-state index in [-0.39, 0.29) is 17.9 Å². The van der Waals surface area contributed by atoms with Gasteiger partial charge in [0.2, 0.25) is 5.91 Å². The summed E-state index contributed by atoms with van der Waals surface area (Å²) in [7, 11) is 0. The molecule has 8 heteroatoms. The number of carbonyl (C=O) groups is 2. The van der Waals surface area contributed by atoms with Gasteiger partial charge in [-0.2, -0.15) is 5.10 Å². The molecule has 0 bridgehead atoms. The molecule has 2 heterocycles. The van der Waals surface area contributed by atoms with E-state index in [2.05, 4.69) is 10.2 Å². The second-order valence-electron chi connectivity index (χ2n) is 8.16. The molecule has 0 spiro atoms. The summed E-state index contributed by atoms with van der Waals surface area (Å²) < 4.78 is 1.75. The second-order valence-corrected chi connectivity index (χ2v) is 8.60. The monoisotopic (exact) mass is 461 g/mol. The highest BCUT2D eigenvalue weighted by atomic mass is 35.5. The van der Waals surface area contributed by atoms with Crippen LogP contribution in [0, 0.1) is 6.57 Å². The third kappa shape index (κ3) is 4.76. The first-order valence-corrected chi connectivity index (χ1v) is 11.2. The van der Waals surface area contributed by atoms with Gasteiger partial charge in [-0.05, 0) is 43.2 Å². The van der Waals surface area contributed by atoms with Crippen LogP contribution in [0.25, 0.3) is 16.1 Å². The van der Waals surface area contributed by atoms with E-state index in [4.69, 9.17) is 23.3 Å². The van der Waals surface area contributed by atoms with Gasteiger partial charge < -0.3 is 10.2 Å². The minimum absolute atomic E-state index is 0.0144. The predicted octanol–water partition coefficient (Wildman–Crippen LogP) is 5.71. The number of fused-ring (bicyclic) bond motifs is 1. The van der Waals surface area contributed by atoms with Gasteiger partial charge in [0.25, 0.3) is 5.91 Å². The fourth-order valence-corrected chi connectivity index (χ4v) is 4.15. The fourth-order valence-electron chi connectivity index (χ4n) is 3.98. The van der Waals surface area contributed by atoms with Crippen LogP contribution in [0.2, 0.25) is 5.02 Å². The van der Waals surface area contributed by atoms with E-state index in [0.29, 0.717) is 52.9 Å². The second kappa shape index (κ2) is 9.47. The Morgan fingerprint density at radius 2 is 2.00 bits per heavy atom. The number of hydrogen-bond acceptors (Lipinski definition) is 3.